The Kier molecular flexibility index (Phi) is 5.87. The summed E-state index contributed by atoms with van der Waals surface area (Å²) in [6.07, 6.45) is 3.74. The molecule has 0 N–H and O–H groups in total. The molecule has 2 fully saturated rings. The summed E-state index contributed by atoms with van der Waals surface area (Å²) in [7, 11) is 0. The zero-order valence-corrected chi connectivity index (χ0v) is 16.3. The normalized spacial score (nSPS) is 17.7. The molecule has 4 rings (SSSR count). The summed E-state index contributed by atoms with van der Waals surface area (Å²) in [6, 6.07) is 6.37. The second-order valence-corrected chi connectivity index (χ2v) is 7.72. The second-order valence-electron chi connectivity index (χ2n) is 7.72. The second kappa shape index (κ2) is 8.71. The van der Waals surface area contributed by atoms with E-state index < -0.39 is 0 Å². The Bertz CT molecular complexity index is 870. The first-order valence-electron chi connectivity index (χ1n) is 10.2. The highest BCUT2D eigenvalue weighted by Gasteiger charge is 2.28. The van der Waals surface area contributed by atoms with Gasteiger partial charge in [0.1, 0.15) is 12.2 Å². The van der Waals surface area contributed by atoms with Gasteiger partial charge in [-0.25, -0.2) is 4.39 Å². The lowest BCUT2D eigenvalue weighted by Gasteiger charge is -2.30. The van der Waals surface area contributed by atoms with E-state index in [2.05, 4.69) is 10.2 Å². The third kappa shape index (κ3) is 4.63. The molecule has 154 valence electrons. The minimum atomic E-state index is -0.349. The fourth-order valence-electron chi connectivity index (χ4n) is 4.00. The van der Waals surface area contributed by atoms with Crippen LogP contribution in [0.4, 0.5) is 4.39 Å². The van der Waals surface area contributed by atoms with Gasteiger partial charge in [0.2, 0.25) is 23.6 Å². The lowest BCUT2D eigenvalue weighted by Crippen LogP contribution is -2.39. The van der Waals surface area contributed by atoms with Gasteiger partial charge in [0, 0.05) is 32.1 Å². The van der Waals surface area contributed by atoms with Crippen molar-refractivity contribution in [1.82, 2.24) is 20.0 Å². The summed E-state index contributed by atoms with van der Waals surface area (Å²) in [5, 5.41) is 8.16. The quantitative estimate of drug-likeness (QED) is 0.770. The van der Waals surface area contributed by atoms with Crippen LogP contribution in [0, 0.1) is 5.82 Å². The topological polar surface area (TPSA) is 79.5 Å². The van der Waals surface area contributed by atoms with Gasteiger partial charge in [0.15, 0.2) is 0 Å². The van der Waals surface area contributed by atoms with Crippen molar-refractivity contribution in [2.45, 2.75) is 44.4 Å². The molecule has 2 aliphatic rings. The number of benzene rings is 1. The van der Waals surface area contributed by atoms with E-state index in [1.54, 1.807) is 23.1 Å². The molecule has 2 amide bonds. The van der Waals surface area contributed by atoms with Crippen LogP contribution in [-0.2, 0) is 22.4 Å². The van der Waals surface area contributed by atoms with Crippen LogP contribution in [0.2, 0.25) is 0 Å². The van der Waals surface area contributed by atoms with Gasteiger partial charge in [0.05, 0.1) is 6.42 Å². The van der Waals surface area contributed by atoms with Crippen molar-refractivity contribution >= 4 is 11.8 Å². The fraction of sp³-hybridized carbons (Fsp3) is 0.524. The lowest BCUT2D eigenvalue weighted by atomic mass is 9.96. The molecule has 0 radical (unpaired) electrons. The Hall–Kier alpha value is -2.77. The Morgan fingerprint density at radius 1 is 0.966 bits per heavy atom. The Balaban J connectivity index is 1.28. The highest BCUT2D eigenvalue weighted by Crippen LogP contribution is 2.27. The smallest absolute Gasteiger partial charge is 0.231 e. The van der Waals surface area contributed by atoms with E-state index in [1.165, 1.54) is 6.07 Å². The average molecular weight is 400 g/mol. The first-order chi connectivity index (χ1) is 14.1. The monoisotopic (exact) mass is 400 g/mol. The van der Waals surface area contributed by atoms with Crippen LogP contribution in [0.25, 0.3) is 0 Å². The van der Waals surface area contributed by atoms with E-state index in [9.17, 15) is 14.0 Å². The maximum atomic E-state index is 13.8. The molecule has 0 bridgehead atoms. The van der Waals surface area contributed by atoms with Crippen molar-refractivity contribution in [1.29, 1.82) is 0 Å². The SMILES string of the molecule is O=C(Cc1nnc(C2CCN(C(=O)Cc3ccccc3F)CC2)o1)N1CCCC1. The van der Waals surface area contributed by atoms with E-state index in [0.29, 0.717) is 43.3 Å². The standard InChI is InChI=1S/C21H25FN4O3/c22-17-6-2-1-5-16(17)13-19(27)26-11-7-15(8-12-26)21-24-23-18(29-21)14-20(28)25-9-3-4-10-25/h1-2,5-6,15H,3-4,7-14H2. The number of halogens is 1. The van der Waals surface area contributed by atoms with Crippen molar-refractivity contribution in [2.24, 2.45) is 0 Å². The zero-order chi connectivity index (χ0) is 20.2. The maximum absolute atomic E-state index is 13.8. The van der Waals surface area contributed by atoms with Crippen molar-refractivity contribution < 1.29 is 18.4 Å². The minimum absolute atomic E-state index is 0.0336. The molecule has 3 heterocycles. The van der Waals surface area contributed by atoms with E-state index in [-0.39, 0.29) is 36.4 Å². The van der Waals surface area contributed by atoms with Gasteiger partial charge in [-0.05, 0) is 37.3 Å². The van der Waals surface area contributed by atoms with Gasteiger partial charge < -0.3 is 14.2 Å². The number of piperidine rings is 1. The lowest BCUT2D eigenvalue weighted by molar-refractivity contribution is -0.132. The van der Waals surface area contributed by atoms with E-state index in [4.69, 9.17) is 4.42 Å². The van der Waals surface area contributed by atoms with E-state index in [0.717, 1.165) is 25.9 Å². The highest BCUT2D eigenvalue weighted by molar-refractivity contribution is 5.79. The van der Waals surface area contributed by atoms with Gasteiger partial charge in [-0.3, -0.25) is 9.59 Å². The number of aromatic nitrogens is 2. The van der Waals surface area contributed by atoms with Gasteiger partial charge in [-0.15, -0.1) is 10.2 Å². The summed E-state index contributed by atoms with van der Waals surface area (Å²) in [6.45, 7) is 2.75. The molecule has 1 aromatic heterocycles. The van der Waals surface area contributed by atoms with Gasteiger partial charge >= 0.3 is 0 Å². The molecule has 29 heavy (non-hydrogen) atoms. The van der Waals surface area contributed by atoms with Crippen LogP contribution in [-0.4, -0.2) is 58.0 Å². The molecular formula is C21H25FN4O3. The van der Waals surface area contributed by atoms with Gasteiger partial charge in [-0.1, -0.05) is 18.2 Å². The van der Waals surface area contributed by atoms with Crippen LogP contribution in [0.3, 0.4) is 0 Å². The Morgan fingerprint density at radius 2 is 1.62 bits per heavy atom. The molecule has 2 aromatic rings. The maximum Gasteiger partial charge on any atom is 0.231 e. The minimum Gasteiger partial charge on any atom is -0.424 e. The average Bonchev–Trinajstić information content (AvgIpc) is 3.42. The molecule has 0 spiro atoms. The van der Waals surface area contributed by atoms with Crippen molar-refractivity contribution in [2.75, 3.05) is 26.2 Å². The van der Waals surface area contributed by atoms with Gasteiger partial charge in [0.25, 0.3) is 0 Å². The molecule has 2 saturated heterocycles. The highest BCUT2D eigenvalue weighted by atomic mass is 19.1. The van der Waals surface area contributed by atoms with Crippen molar-refractivity contribution in [3.63, 3.8) is 0 Å². The Labute approximate surface area is 168 Å². The summed E-state index contributed by atoms with van der Waals surface area (Å²) in [5.74, 6) is 0.584. The van der Waals surface area contributed by atoms with Gasteiger partial charge in [-0.2, -0.15) is 0 Å². The van der Waals surface area contributed by atoms with E-state index in [1.807, 2.05) is 4.90 Å². The number of hydrogen-bond acceptors (Lipinski definition) is 5. The number of amides is 2. The predicted octanol–water partition coefficient (Wildman–Crippen LogP) is 2.32. The van der Waals surface area contributed by atoms with Crippen molar-refractivity contribution in [3.05, 3.63) is 47.4 Å². The van der Waals surface area contributed by atoms with Crippen LogP contribution in [0.1, 0.15) is 48.9 Å². The molecule has 2 aliphatic heterocycles. The summed E-state index contributed by atoms with van der Waals surface area (Å²) < 4.78 is 19.5. The first kappa shape index (κ1) is 19.5. The van der Waals surface area contributed by atoms with E-state index >= 15 is 0 Å². The largest absolute Gasteiger partial charge is 0.424 e. The van der Waals surface area contributed by atoms with Crippen molar-refractivity contribution in [3.8, 4) is 0 Å². The van der Waals surface area contributed by atoms with Crippen LogP contribution >= 0.6 is 0 Å². The summed E-state index contributed by atoms with van der Waals surface area (Å²) in [4.78, 5) is 28.3. The molecule has 8 heteroatoms. The predicted molar refractivity (Wildman–Crippen MR) is 102 cm³/mol. The molecule has 0 saturated carbocycles. The molecule has 0 atom stereocenters. The molecule has 0 aliphatic carbocycles. The number of nitrogens with zero attached hydrogens (tertiary/aromatic N) is 4. The number of carbonyl (C=O) groups is 2. The van der Waals surface area contributed by atoms with Crippen LogP contribution in [0.5, 0.6) is 0 Å². The molecular weight excluding hydrogens is 375 g/mol. The van der Waals surface area contributed by atoms with Crippen LogP contribution in [0.15, 0.2) is 28.7 Å². The molecule has 7 nitrogen and oxygen atoms in total. The number of rotatable bonds is 5. The Morgan fingerprint density at radius 3 is 2.34 bits per heavy atom. The van der Waals surface area contributed by atoms with Crippen LogP contribution < -0.4 is 0 Å². The fourth-order valence-corrected chi connectivity index (χ4v) is 4.00. The molecule has 1 aromatic carbocycles. The number of carbonyl (C=O) groups excluding carboxylic acids is 2. The number of likely N-dealkylation sites (tertiary alicyclic amines) is 2. The summed E-state index contributed by atoms with van der Waals surface area (Å²) >= 11 is 0. The summed E-state index contributed by atoms with van der Waals surface area (Å²) in [5.41, 5.74) is 0.420. The third-order valence-corrected chi connectivity index (χ3v) is 5.74. The zero-order valence-electron chi connectivity index (χ0n) is 16.3. The molecule has 0 unspecified atom stereocenters. The first-order valence-corrected chi connectivity index (χ1v) is 10.2. The third-order valence-electron chi connectivity index (χ3n) is 5.74. The number of hydrogen-bond donors (Lipinski definition) is 0.